The van der Waals surface area contributed by atoms with Gasteiger partial charge < -0.3 is 40.0 Å². The quantitative estimate of drug-likeness (QED) is 0.119. The highest BCUT2D eigenvalue weighted by Crippen LogP contribution is 2.24. The molecule has 0 aromatic rings. The van der Waals surface area contributed by atoms with Crippen molar-refractivity contribution in [2.24, 2.45) is 0 Å². The van der Waals surface area contributed by atoms with Crippen LogP contribution in [-0.2, 0) is 0 Å². The van der Waals surface area contributed by atoms with Crippen LogP contribution in [0.4, 0.5) is 0 Å². The molecule has 2 atom stereocenters. The van der Waals surface area contributed by atoms with Gasteiger partial charge in [0.15, 0.2) is 12.2 Å². The molecule has 198 valence electrons. The third-order valence-electron chi connectivity index (χ3n) is 8.61. The molecule has 0 aliphatic carbocycles. The molecule has 0 aromatic carbocycles. The summed E-state index contributed by atoms with van der Waals surface area (Å²) in [6.07, 6.45) is 1.24. The lowest BCUT2D eigenvalue weighted by atomic mass is 10.0. The largest absolute Gasteiger partial charge is 0.390 e. The third-order valence-corrected chi connectivity index (χ3v) is 8.61. The Morgan fingerprint density at radius 2 is 1.00 bits per heavy atom. The van der Waals surface area contributed by atoms with Crippen LogP contribution in [0.3, 0.4) is 0 Å². The normalized spacial score (nSPS) is 27.5. The highest BCUT2D eigenvalue weighted by Gasteiger charge is 2.46. The minimum absolute atomic E-state index is 0.0996. The zero-order valence-electron chi connectivity index (χ0n) is 21.0. The van der Waals surface area contributed by atoms with Gasteiger partial charge >= 0.3 is 0 Å². The van der Waals surface area contributed by atoms with E-state index in [2.05, 4.69) is 20.4 Å². The molecule has 6 N–H and O–H groups in total. The van der Waals surface area contributed by atoms with Crippen LogP contribution >= 0.6 is 0 Å². The van der Waals surface area contributed by atoms with Gasteiger partial charge in [0, 0.05) is 52.4 Å². The van der Waals surface area contributed by atoms with Crippen molar-refractivity contribution in [3.8, 4) is 0 Å². The lowest BCUT2D eigenvalue weighted by molar-refractivity contribution is -0.975. The molecule has 2 unspecified atom stereocenters. The van der Waals surface area contributed by atoms with Crippen LogP contribution in [0.2, 0.25) is 0 Å². The van der Waals surface area contributed by atoms with Crippen molar-refractivity contribution in [3.05, 3.63) is 0 Å². The first kappa shape index (κ1) is 26.7. The van der Waals surface area contributed by atoms with Gasteiger partial charge in [-0.15, -0.1) is 0 Å². The highest BCUT2D eigenvalue weighted by atomic mass is 16.3. The molecule has 0 bridgehead atoms. The second-order valence-corrected chi connectivity index (χ2v) is 11.6. The molecule has 0 radical (unpaired) electrons. The summed E-state index contributed by atoms with van der Waals surface area (Å²) in [5.41, 5.74) is 0. The van der Waals surface area contributed by atoms with Crippen molar-refractivity contribution in [1.82, 2.24) is 20.4 Å². The fourth-order valence-corrected chi connectivity index (χ4v) is 6.40. The first-order chi connectivity index (χ1) is 16.4. The second kappa shape index (κ2) is 12.2. The zero-order chi connectivity index (χ0) is 24.0. The number of nitrogens with zero attached hydrogens (tertiary/aromatic N) is 4. The van der Waals surface area contributed by atoms with Crippen LogP contribution in [0, 0.1) is 0 Å². The smallest absolute Gasteiger partial charge is 0.152 e. The van der Waals surface area contributed by atoms with E-state index in [4.69, 9.17) is 0 Å². The van der Waals surface area contributed by atoms with Gasteiger partial charge in [0.25, 0.3) is 0 Å². The van der Waals surface area contributed by atoms with Gasteiger partial charge in [-0.2, -0.15) is 0 Å². The van der Waals surface area contributed by atoms with Crippen LogP contribution in [0.25, 0.3) is 0 Å². The molecule has 0 aromatic heterocycles. The molecular formula is C24H50N6O4+2. The Labute approximate surface area is 205 Å². The molecular weight excluding hydrogens is 436 g/mol. The number of piperazine rings is 2. The van der Waals surface area contributed by atoms with Gasteiger partial charge in [-0.05, 0) is 25.9 Å². The van der Waals surface area contributed by atoms with Crippen LogP contribution in [-0.4, -0.2) is 181 Å². The summed E-state index contributed by atoms with van der Waals surface area (Å²) in [6, 6.07) is 0. The first-order valence-electron chi connectivity index (χ1n) is 13.6. The second-order valence-electron chi connectivity index (χ2n) is 11.6. The van der Waals surface area contributed by atoms with E-state index in [9.17, 15) is 20.4 Å². The topological polar surface area (TPSA) is 111 Å². The molecule has 4 aliphatic heterocycles. The first-order valence-corrected chi connectivity index (χ1v) is 13.6. The summed E-state index contributed by atoms with van der Waals surface area (Å²) in [7, 11) is 0. The summed E-state index contributed by atoms with van der Waals surface area (Å²) in [6.45, 7) is 16.7. The van der Waals surface area contributed by atoms with Gasteiger partial charge in [0.2, 0.25) is 0 Å². The molecule has 4 heterocycles. The summed E-state index contributed by atoms with van der Waals surface area (Å²) in [5, 5.41) is 46.6. The number of aliphatic hydroxyl groups excluding tert-OH is 4. The van der Waals surface area contributed by atoms with E-state index in [0.29, 0.717) is 13.1 Å². The molecule has 4 aliphatic rings. The van der Waals surface area contributed by atoms with Crippen LogP contribution in [0.1, 0.15) is 12.8 Å². The van der Waals surface area contributed by atoms with E-state index in [0.717, 1.165) is 127 Å². The summed E-state index contributed by atoms with van der Waals surface area (Å²) in [4.78, 5) is 4.71. The van der Waals surface area contributed by atoms with Gasteiger partial charge in [-0.25, -0.2) is 0 Å². The lowest BCUT2D eigenvalue weighted by Crippen LogP contribution is -2.72. The summed E-state index contributed by atoms with van der Waals surface area (Å²) < 4.78 is 2.14. The average Bonchev–Trinajstić information content (AvgIpc) is 2.77. The van der Waals surface area contributed by atoms with E-state index in [1.54, 1.807) is 0 Å². The fraction of sp³-hybridized carbons (Fsp3) is 1.00. The molecule has 0 saturated carbocycles. The van der Waals surface area contributed by atoms with Gasteiger partial charge in [0.1, 0.15) is 26.2 Å². The number of unbranched alkanes of at least 4 members (excludes halogenated alkanes) is 1. The molecule has 4 saturated heterocycles. The Morgan fingerprint density at radius 3 is 1.32 bits per heavy atom. The maximum Gasteiger partial charge on any atom is 0.152 e. The van der Waals surface area contributed by atoms with E-state index in [-0.39, 0.29) is 24.4 Å². The molecule has 10 heteroatoms. The minimum Gasteiger partial charge on any atom is -0.390 e. The predicted octanol–water partition coefficient (Wildman–Crippen LogP) is -3.32. The number of hydrogen-bond acceptors (Lipinski definition) is 8. The van der Waals surface area contributed by atoms with Crippen molar-refractivity contribution in [2.75, 3.05) is 118 Å². The SMILES string of the molecule is OC(CNCCCCNCC(O)CN1CC[N+]2(CC1)CC(O)C2)CN1CC[N+]2(CC1)CC(O)C2. The maximum atomic E-state index is 10.3. The Morgan fingerprint density at radius 1 is 0.647 bits per heavy atom. The van der Waals surface area contributed by atoms with E-state index in [1.165, 1.54) is 0 Å². The molecule has 4 fully saturated rings. The number of rotatable bonds is 13. The van der Waals surface area contributed by atoms with Crippen LogP contribution in [0.15, 0.2) is 0 Å². The Hall–Kier alpha value is -0.400. The Bertz CT molecular complexity index is 544. The van der Waals surface area contributed by atoms with Gasteiger partial charge in [0.05, 0.1) is 38.4 Å². The van der Waals surface area contributed by atoms with Crippen molar-refractivity contribution in [2.45, 2.75) is 37.3 Å². The maximum absolute atomic E-state index is 10.3. The Balaban J connectivity index is 0.931. The van der Waals surface area contributed by atoms with Crippen molar-refractivity contribution in [3.63, 3.8) is 0 Å². The zero-order valence-corrected chi connectivity index (χ0v) is 21.0. The van der Waals surface area contributed by atoms with Crippen LogP contribution in [0.5, 0.6) is 0 Å². The predicted molar refractivity (Wildman–Crippen MR) is 131 cm³/mol. The third kappa shape index (κ3) is 7.55. The van der Waals surface area contributed by atoms with Gasteiger partial charge in [-0.3, -0.25) is 9.80 Å². The van der Waals surface area contributed by atoms with Crippen LogP contribution < -0.4 is 10.6 Å². The van der Waals surface area contributed by atoms with Crippen molar-refractivity contribution < 1.29 is 29.4 Å². The summed E-state index contributed by atoms with van der Waals surface area (Å²) in [5.74, 6) is 0. The minimum atomic E-state index is -0.334. The molecule has 0 amide bonds. The fourth-order valence-electron chi connectivity index (χ4n) is 6.40. The van der Waals surface area contributed by atoms with E-state index in [1.807, 2.05) is 0 Å². The number of β-amino-alcohol motifs (C(OH)–C–C–N with tert-alkyl or cyclic N) is 2. The molecule has 34 heavy (non-hydrogen) atoms. The number of quaternary nitrogens is 2. The number of aliphatic hydroxyl groups is 4. The summed E-state index contributed by atoms with van der Waals surface area (Å²) >= 11 is 0. The highest BCUT2D eigenvalue weighted by molar-refractivity contribution is 4.77. The molecule has 4 rings (SSSR count). The standard InChI is InChI=1S/C24H50N6O4/c31-21(15-27-5-9-29(10-6-27)17-23(33)18-29)13-25-3-1-2-4-26-14-22(32)16-28-7-11-30(12-8-28)19-24(34)20-30/h21-26,31-34H,1-20H2/q+2. The number of hydrogen-bond donors (Lipinski definition) is 6. The van der Waals surface area contributed by atoms with E-state index >= 15 is 0 Å². The molecule has 2 spiro atoms. The number of nitrogens with one attached hydrogen (secondary N) is 2. The van der Waals surface area contributed by atoms with E-state index < -0.39 is 0 Å². The monoisotopic (exact) mass is 486 g/mol. The molecule has 10 nitrogen and oxygen atoms in total. The average molecular weight is 487 g/mol. The van der Waals surface area contributed by atoms with Crippen molar-refractivity contribution in [1.29, 1.82) is 0 Å². The lowest BCUT2D eigenvalue weighted by Gasteiger charge is -2.52. The van der Waals surface area contributed by atoms with Crippen molar-refractivity contribution >= 4 is 0 Å². The van der Waals surface area contributed by atoms with Gasteiger partial charge in [-0.1, -0.05) is 0 Å². The Kier molecular flexibility index (Phi) is 9.59.